The molecular weight excluding hydrogens is 440 g/mol. The molecule has 0 radical (unpaired) electrons. The molecule has 2 unspecified atom stereocenters. The Bertz CT molecular complexity index is 1070. The predicted octanol–water partition coefficient (Wildman–Crippen LogP) is 3.84. The quantitative estimate of drug-likeness (QED) is 0.699. The number of ether oxygens (including phenoxy) is 2. The Morgan fingerprint density at radius 1 is 1.32 bits per heavy atom. The molecule has 2 atom stereocenters. The van der Waals surface area contributed by atoms with Crippen LogP contribution in [0.3, 0.4) is 0 Å². The summed E-state index contributed by atoms with van der Waals surface area (Å²) < 4.78 is 37.1. The van der Waals surface area contributed by atoms with Crippen molar-refractivity contribution in [1.29, 1.82) is 0 Å². The molecule has 0 saturated heterocycles. The highest BCUT2D eigenvalue weighted by molar-refractivity contribution is 7.92. The molecule has 7 nitrogen and oxygen atoms in total. The number of benzene rings is 2. The molecule has 1 heterocycles. The van der Waals surface area contributed by atoms with Crippen LogP contribution in [-0.2, 0) is 14.8 Å². The SMILES string of the molecule is CCC(NC(=O)C1CCN(S(C)(=O)=O)c2cc(Cl)ccc2O1)c1ccc(OC)c(C)c1. The van der Waals surface area contributed by atoms with Crippen molar-refractivity contribution in [3.8, 4) is 11.5 Å². The summed E-state index contributed by atoms with van der Waals surface area (Å²) in [4.78, 5) is 13.1. The zero-order valence-electron chi connectivity index (χ0n) is 18.0. The molecule has 0 aliphatic carbocycles. The summed E-state index contributed by atoms with van der Waals surface area (Å²) in [6.45, 7) is 4.05. The van der Waals surface area contributed by atoms with E-state index in [0.29, 0.717) is 22.9 Å². The van der Waals surface area contributed by atoms with Gasteiger partial charge in [-0.15, -0.1) is 0 Å². The lowest BCUT2D eigenvalue weighted by atomic mass is 10.0. The van der Waals surface area contributed by atoms with Crippen LogP contribution in [0.15, 0.2) is 36.4 Å². The number of fused-ring (bicyclic) bond motifs is 1. The molecule has 2 aromatic rings. The van der Waals surface area contributed by atoms with Crippen LogP contribution < -0.4 is 19.1 Å². The van der Waals surface area contributed by atoms with Crippen LogP contribution in [0.2, 0.25) is 5.02 Å². The molecule has 31 heavy (non-hydrogen) atoms. The number of rotatable bonds is 6. The summed E-state index contributed by atoms with van der Waals surface area (Å²) in [6.07, 6.45) is 1.19. The van der Waals surface area contributed by atoms with Gasteiger partial charge in [0, 0.05) is 18.0 Å². The highest BCUT2D eigenvalue weighted by Gasteiger charge is 2.32. The number of nitrogens with one attached hydrogen (secondary N) is 1. The number of carbonyl (C=O) groups excluding carboxylic acids is 1. The molecule has 1 aliphatic heterocycles. The Labute approximate surface area is 188 Å². The highest BCUT2D eigenvalue weighted by atomic mass is 35.5. The minimum absolute atomic E-state index is 0.114. The lowest BCUT2D eigenvalue weighted by Crippen LogP contribution is -2.41. The zero-order chi connectivity index (χ0) is 22.8. The van der Waals surface area contributed by atoms with Crippen LogP contribution in [0.4, 0.5) is 5.69 Å². The second-order valence-corrected chi connectivity index (χ2v) is 9.88. The van der Waals surface area contributed by atoms with E-state index in [0.717, 1.165) is 23.1 Å². The van der Waals surface area contributed by atoms with E-state index in [-0.39, 0.29) is 24.9 Å². The number of hydrogen-bond acceptors (Lipinski definition) is 5. The molecule has 0 bridgehead atoms. The summed E-state index contributed by atoms with van der Waals surface area (Å²) in [5, 5.41) is 3.43. The van der Waals surface area contributed by atoms with Gasteiger partial charge in [0.05, 0.1) is 25.1 Å². The van der Waals surface area contributed by atoms with Crippen molar-refractivity contribution in [1.82, 2.24) is 5.32 Å². The van der Waals surface area contributed by atoms with Crippen LogP contribution in [-0.4, -0.2) is 40.3 Å². The molecule has 168 valence electrons. The zero-order valence-corrected chi connectivity index (χ0v) is 19.6. The van der Waals surface area contributed by atoms with Crippen LogP contribution in [0.1, 0.15) is 36.9 Å². The van der Waals surface area contributed by atoms with Gasteiger partial charge in [-0.2, -0.15) is 0 Å². The molecule has 0 saturated carbocycles. The largest absolute Gasteiger partial charge is 0.496 e. The molecule has 2 aromatic carbocycles. The monoisotopic (exact) mass is 466 g/mol. The molecular formula is C22H27ClN2O5S. The number of amides is 1. The van der Waals surface area contributed by atoms with E-state index >= 15 is 0 Å². The van der Waals surface area contributed by atoms with Gasteiger partial charge in [0.15, 0.2) is 6.10 Å². The molecule has 0 aromatic heterocycles. The Kier molecular flexibility index (Phi) is 7.01. The summed E-state index contributed by atoms with van der Waals surface area (Å²) in [5.41, 5.74) is 2.28. The first-order chi connectivity index (χ1) is 14.6. The van der Waals surface area contributed by atoms with E-state index < -0.39 is 16.1 Å². The highest BCUT2D eigenvalue weighted by Crippen LogP contribution is 2.36. The maximum Gasteiger partial charge on any atom is 0.261 e. The van der Waals surface area contributed by atoms with Crippen LogP contribution in [0.25, 0.3) is 0 Å². The maximum atomic E-state index is 13.1. The van der Waals surface area contributed by atoms with Gasteiger partial charge in [-0.25, -0.2) is 8.42 Å². The number of methoxy groups -OCH3 is 1. The third-order valence-electron chi connectivity index (χ3n) is 5.29. The lowest BCUT2D eigenvalue weighted by Gasteiger charge is -2.22. The van der Waals surface area contributed by atoms with Crippen molar-refractivity contribution in [2.75, 3.05) is 24.2 Å². The number of aryl methyl sites for hydroxylation is 1. The number of hydrogen-bond donors (Lipinski definition) is 1. The van der Waals surface area contributed by atoms with Crippen molar-refractivity contribution in [3.63, 3.8) is 0 Å². The first-order valence-corrected chi connectivity index (χ1v) is 12.3. The smallest absolute Gasteiger partial charge is 0.261 e. The minimum Gasteiger partial charge on any atom is -0.496 e. The Morgan fingerprint density at radius 3 is 2.68 bits per heavy atom. The standard InChI is InChI=1S/C22H27ClN2O5S/c1-5-17(15-6-8-19(29-3)14(2)12-15)24-22(26)21-10-11-25(31(4,27)28)18-13-16(23)7-9-20(18)30-21/h6-9,12-13,17,21H,5,10-11H2,1-4H3,(H,24,26). The number of sulfonamides is 1. The van der Waals surface area contributed by atoms with Crippen molar-refractivity contribution in [2.24, 2.45) is 0 Å². The second kappa shape index (κ2) is 9.36. The summed E-state index contributed by atoms with van der Waals surface area (Å²) in [6, 6.07) is 10.3. The van der Waals surface area contributed by atoms with E-state index in [1.54, 1.807) is 19.2 Å². The second-order valence-electron chi connectivity index (χ2n) is 7.54. The van der Waals surface area contributed by atoms with Crippen LogP contribution in [0, 0.1) is 6.92 Å². The van der Waals surface area contributed by atoms with Gasteiger partial charge >= 0.3 is 0 Å². The summed E-state index contributed by atoms with van der Waals surface area (Å²) >= 11 is 6.07. The van der Waals surface area contributed by atoms with Gasteiger partial charge in [0.25, 0.3) is 5.91 Å². The third-order valence-corrected chi connectivity index (χ3v) is 6.71. The number of carbonyl (C=O) groups is 1. The normalized spacial score (nSPS) is 17.2. The van der Waals surface area contributed by atoms with Gasteiger partial charge in [-0.1, -0.05) is 30.7 Å². The van der Waals surface area contributed by atoms with Gasteiger partial charge in [-0.05, 0) is 48.7 Å². The van der Waals surface area contributed by atoms with Crippen LogP contribution >= 0.6 is 11.6 Å². The fourth-order valence-corrected chi connectivity index (χ4v) is 4.79. The molecule has 1 aliphatic rings. The first-order valence-electron chi connectivity index (χ1n) is 10.0. The van der Waals surface area contributed by atoms with Crippen molar-refractivity contribution in [3.05, 3.63) is 52.5 Å². The van der Waals surface area contributed by atoms with Crippen molar-refractivity contribution < 1.29 is 22.7 Å². The average molecular weight is 467 g/mol. The van der Waals surface area contributed by atoms with Crippen molar-refractivity contribution in [2.45, 2.75) is 38.8 Å². The molecule has 1 amide bonds. The minimum atomic E-state index is -3.56. The van der Waals surface area contributed by atoms with E-state index in [2.05, 4.69) is 5.32 Å². The van der Waals surface area contributed by atoms with Gasteiger partial charge < -0.3 is 14.8 Å². The summed E-state index contributed by atoms with van der Waals surface area (Å²) in [7, 11) is -1.94. The summed E-state index contributed by atoms with van der Waals surface area (Å²) in [5.74, 6) is 0.797. The fourth-order valence-electron chi connectivity index (χ4n) is 3.69. The van der Waals surface area contributed by atoms with Gasteiger partial charge in [-0.3, -0.25) is 9.10 Å². The van der Waals surface area contributed by atoms with Crippen LogP contribution in [0.5, 0.6) is 11.5 Å². The van der Waals surface area contributed by atoms with Gasteiger partial charge in [0.1, 0.15) is 11.5 Å². The third kappa shape index (κ3) is 5.25. The number of nitrogens with zero attached hydrogens (tertiary/aromatic N) is 1. The lowest BCUT2D eigenvalue weighted by molar-refractivity contribution is -0.128. The Balaban J connectivity index is 1.83. The topological polar surface area (TPSA) is 84.9 Å². The Hall–Kier alpha value is -2.45. The Morgan fingerprint density at radius 2 is 2.06 bits per heavy atom. The molecule has 3 rings (SSSR count). The molecule has 0 spiro atoms. The fraction of sp³-hybridized carbons (Fsp3) is 0.409. The average Bonchev–Trinajstić information content (AvgIpc) is 2.91. The van der Waals surface area contributed by atoms with E-state index in [9.17, 15) is 13.2 Å². The molecule has 9 heteroatoms. The van der Waals surface area contributed by atoms with E-state index in [4.69, 9.17) is 21.1 Å². The van der Waals surface area contributed by atoms with Crippen molar-refractivity contribution >= 4 is 33.2 Å². The van der Waals surface area contributed by atoms with E-state index in [1.807, 2.05) is 32.0 Å². The number of halogens is 1. The molecule has 1 N–H and O–H groups in total. The molecule has 0 fully saturated rings. The number of anilines is 1. The van der Waals surface area contributed by atoms with E-state index in [1.165, 1.54) is 10.4 Å². The maximum absolute atomic E-state index is 13.1. The first kappa shape index (κ1) is 23.2. The predicted molar refractivity (Wildman–Crippen MR) is 122 cm³/mol. The van der Waals surface area contributed by atoms with Gasteiger partial charge in [0.2, 0.25) is 10.0 Å².